The minimum atomic E-state index is -1.10. The van der Waals surface area contributed by atoms with E-state index in [0.29, 0.717) is 0 Å². The standard InChI is InChI=1S/C15H21N3O5/c1-10(14(16)21)18-13(20)7-12(19)8-17-15(22)23-9-11-5-3-2-4-6-11/h2-6,10,12,19H,7-9H2,1H3,(H2,16,21)(H,17,22)(H,18,20)/t10-,12+/m1/s1. The predicted molar refractivity (Wildman–Crippen MR) is 82.1 cm³/mol. The topological polar surface area (TPSA) is 131 Å². The number of rotatable bonds is 8. The van der Waals surface area contributed by atoms with Crippen LogP contribution in [0.1, 0.15) is 18.9 Å². The minimum Gasteiger partial charge on any atom is -0.445 e. The third-order valence-corrected chi connectivity index (χ3v) is 2.92. The summed E-state index contributed by atoms with van der Waals surface area (Å²) in [5.41, 5.74) is 5.84. The van der Waals surface area contributed by atoms with Crippen LogP contribution in [0.2, 0.25) is 0 Å². The van der Waals surface area contributed by atoms with Gasteiger partial charge in [0.1, 0.15) is 12.6 Å². The lowest BCUT2D eigenvalue weighted by Gasteiger charge is -2.14. The van der Waals surface area contributed by atoms with Gasteiger partial charge in [-0.2, -0.15) is 0 Å². The third kappa shape index (κ3) is 7.82. The minimum absolute atomic E-state index is 0.110. The van der Waals surface area contributed by atoms with Gasteiger partial charge in [0.25, 0.3) is 0 Å². The van der Waals surface area contributed by atoms with E-state index in [1.165, 1.54) is 6.92 Å². The van der Waals surface area contributed by atoms with Crippen LogP contribution in [0.15, 0.2) is 30.3 Å². The maximum absolute atomic E-state index is 11.5. The molecule has 8 heteroatoms. The van der Waals surface area contributed by atoms with Crippen molar-refractivity contribution in [2.24, 2.45) is 5.73 Å². The first kappa shape index (κ1) is 18.4. The first-order valence-corrected chi connectivity index (χ1v) is 7.09. The molecule has 0 aromatic heterocycles. The third-order valence-electron chi connectivity index (χ3n) is 2.92. The molecule has 0 saturated carbocycles. The van der Waals surface area contributed by atoms with Crippen LogP contribution in [0.5, 0.6) is 0 Å². The van der Waals surface area contributed by atoms with Crippen LogP contribution in [0.25, 0.3) is 0 Å². The second-order valence-electron chi connectivity index (χ2n) is 4.99. The molecule has 1 aromatic rings. The Kier molecular flexibility index (Phi) is 7.55. The Labute approximate surface area is 134 Å². The molecule has 0 aliphatic heterocycles. The Hall–Kier alpha value is -2.61. The molecule has 0 radical (unpaired) electrons. The van der Waals surface area contributed by atoms with Crippen molar-refractivity contribution in [2.45, 2.75) is 32.1 Å². The van der Waals surface area contributed by atoms with Crippen LogP contribution in [-0.4, -0.2) is 41.7 Å². The van der Waals surface area contributed by atoms with Gasteiger partial charge >= 0.3 is 6.09 Å². The van der Waals surface area contributed by atoms with Crippen LogP contribution in [0.3, 0.4) is 0 Å². The number of nitrogens with one attached hydrogen (secondary N) is 2. The smallest absolute Gasteiger partial charge is 0.407 e. The average molecular weight is 323 g/mol. The van der Waals surface area contributed by atoms with Gasteiger partial charge in [-0.15, -0.1) is 0 Å². The predicted octanol–water partition coefficient (Wildman–Crippen LogP) is -0.346. The summed E-state index contributed by atoms with van der Waals surface area (Å²) < 4.78 is 4.96. The average Bonchev–Trinajstić information content (AvgIpc) is 2.51. The molecule has 0 fully saturated rings. The number of carbonyl (C=O) groups is 3. The molecule has 5 N–H and O–H groups in total. The molecule has 1 aromatic carbocycles. The quantitative estimate of drug-likeness (QED) is 0.519. The van der Waals surface area contributed by atoms with E-state index in [2.05, 4.69) is 10.6 Å². The van der Waals surface area contributed by atoms with Crippen molar-refractivity contribution in [3.05, 3.63) is 35.9 Å². The van der Waals surface area contributed by atoms with Crippen LogP contribution in [-0.2, 0) is 20.9 Å². The fourth-order valence-corrected chi connectivity index (χ4v) is 1.63. The molecule has 2 atom stereocenters. The van der Waals surface area contributed by atoms with E-state index in [-0.39, 0.29) is 19.6 Å². The molecule has 0 saturated heterocycles. The van der Waals surface area contributed by atoms with E-state index in [0.717, 1.165) is 5.56 Å². The summed E-state index contributed by atoms with van der Waals surface area (Å²) in [4.78, 5) is 33.8. The lowest BCUT2D eigenvalue weighted by atomic mass is 10.2. The summed E-state index contributed by atoms with van der Waals surface area (Å²) in [5, 5.41) is 14.3. The number of aliphatic hydroxyl groups excluding tert-OH is 1. The van der Waals surface area contributed by atoms with E-state index in [1.807, 2.05) is 30.3 Å². The van der Waals surface area contributed by atoms with Gasteiger partial charge in [0.2, 0.25) is 11.8 Å². The van der Waals surface area contributed by atoms with Crippen molar-refractivity contribution < 1.29 is 24.2 Å². The SMILES string of the molecule is C[C@@H](NC(=O)C[C@H](O)CNC(=O)OCc1ccccc1)C(N)=O. The Morgan fingerprint density at radius 2 is 1.91 bits per heavy atom. The summed E-state index contributed by atoms with van der Waals surface area (Å²) in [6.07, 6.45) is -2.06. The molecule has 126 valence electrons. The second-order valence-corrected chi connectivity index (χ2v) is 4.99. The van der Waals surface area contributed by atoms with Crippen molar-refractivity contribution in [1.29, 1.82) is 0 Å². The van der Waals surface area contributed by atoms with Gasteiger partial charge in [-0.3, -0.25) is 9.59 Å². The Bertz CT molecular complexity index is 535. The van der Waals surface area contributed by atoms with Crippen molar-refractivity contribution >= 4 is 17.9 Å². The number of hydrogen-bond acceptors (Lipinski definition) is 5. The van der Waals surface area contributed by atoms with E-state index >= 15 is 0 Å². The van der Waals surface area contributed by atoms with Gasteiger partial charge in [-0.25, -0.2) is 4.79 Å². The second kappa shape index (κ2) is 9.42. The van der Waals surface area contributed by atoms with Gasteiger partial charge < -0.3 is 26.2 Å². The zero-order chi connectivity index (χ0) is 17.2. The summed E-state index contributed by atoms with van der Waals surface area (Å²) in [6, 6.07) is 8.31. The summed E-state index contributed by atoms with van der Waals surface area (Å²) in [6.45, 7) is 1.40. The Morgan fingerprint density at radius 3 is 2.52 bits per heavy atom. The lowest BCUT2D eigenvalue weighted by Crippen LogP contribution is -2.44. The molecular weight excluding hydrogens is 302 g/mol. The number of hydrogen-bond donors (Lipinski definition) is 4. The fraction of sp³-hybridized carbons (Fsp3) is 0.400. The van der Waals surface area contributed by atoms with E-state index in [9.17, 15) is 19.5 Å². The van der Waals surface area contributed by atoms with Crippen molar-refractivity contribution in [3.8, 4) is 0 Å². The summed E-state index contributed by atoms with van der Waals surface area (Å²) >= 11 is 0. The number of nitrogens with two attached hydrogens (primary N) is 1. The lowest BCUT2D eigenvalue weighted by molar-refractivity contribution is -0.128. The largest absolute Gasteiger partial charge is 0.445 e. The van der Waals surface area contributed by atoms with Gasteiger partial charge in [0.05, 0.1) is 12.5 Å². The van der Waals surface area contributed by atoms with Crippen LogP contribution in [0, 0.1) is 0 Å². The monoisotopic (exact) mass is 323 g/mol. The molecule has 0 bridgehead atoms. The molecule has 1 rings (SSSR count). The molecule has 0 aliphatic carbocycles. The number of aliphatic hydroxyl groups is 1. The van der Waals surface area contributed by atoms with E-state index in [1.54, 1.807) is 0 Å². The Morgan fingerprint density at radius 1 is 1.26 bits per heavy atom. The summed E-state index contributed by atoms with van der Waals surface area (Å²) in [7, 11) is 0. The summed E-state index contributed by atoms with van der Waals surface area (Å²) in [5.74, 6) is -1.21. The fourth-order valence-electron chi connectivity index (χ4n) is 1.63. The number of alkyl carbamates (subject to hydrolysis) is 1. The molecule has 0 spiro atoms. The molecule has 0 aliphatic rings. The molecule has 0 heterocycles. The van der Waals surface area contributed by atoms with Crippen LogP contribution >= 0.6 is 0 Å². The van der Waals surface area contributed by atoms with E-state index < -0.39 is 30.1 Å². The number of primary amides is 1. The molecule has 8 nitrogen and oxygen atoms in total. The van der Waals surface area contributed by atoms with Gasteiger partial charge in [-0.05, 0) is 12.5 Å². The molecule has 3 amide bonds. The maximum atomic E-state index is 11.5. The normalized spacial score (nSPS) is 12.8. The van der Waals surface area contributed by atoms with Crippen LogP contribution in [0.4, 0.5) is 4.79 Å². The Balaban J connectivity index is 2.22. The number of ether oxygens (including phenoxy) is 1. The zero-order valence-corrected chi connectivity index (χ0v) is 12.8. The number of amides is 3. The van der Waals surface area contributed by atoms with Gasteiger partial charge in [0.15, 0.2) is 0 Å². The van der Waals surface area contributed by atoms with Crippen LogP contribution < -0.4 is 16.4 Å². The highest BCUT2D eigenvalue weighted by Crippen LogP contribution is 2.00. The highest BCUT2D eigenvalue weighted by Gasteiger charge is 2.16. The molecule has 0 unspecified atom stereocenters. The molecule has 23 heavy (non-hydrogen) atoms. The van der Waals surface area contributed by atoms with Crippen molar-refractivity contribution in [1.82, 2.24) is 10.6 Å². The highest BCUT2D eigenvalue weighted by atomic mass is 16.5. The van der Waals surface area contributed by atoms with E-state index in [4.69, 9.17) is 10.5 Å². The van der Waals surface area contributed by atoms with Crippen molar-refractivity contribution in [2.75, 3.05) is 6.54 Å². The number of carbonyl (C=O) groups excluding carboxylic acids is 3. The van der Waals surface area contributed by atoms with Crippen molar-refractivity contribution in [3.63, 3.8) is 0 Å². The highest BCUT2D eigenvalue weighted by molar-refractivity contribution is 5.86. The van der Waals surface area contributed by atoms with Gasteiger partial charge in [-0.1, -0.05) is 30.3 Å². The first-order chi connectivity index (χ1) is 10.9. The molecular formula is C15H21N3O5. The number of benzene rings is 1. The first-order valence-electron chi connectivity index (χ1n) is 7.09. The van der Waals surface area contributed by atoms with Gasteiger partial charge in [0, 0.05) is 6.54 Å². The zero-order valence-electron chi connectivity index (χ0n) is 12.8. The maximum Gasteiger partial charge on any atom is 0.407 e.